The molecule has 0 aromatic carbocycles. The predicted molar refractivity (Wildman–Crippen MR) is 59.6 cm³/mol. The maximum Gasteiger partial charge on any atom is 0.359 e. The van der Waals surface area contributed by atoms with Crippen molar-refractivity contribution in [2.45, 2.75) is 33.9 Å². The molecule has 0 amide bonds. The summed E-state index contributed by atoms with van der Waals surface area (Å²) in [5.74, 6) is 0. The molecule has 0 radical (unpaired) electrons. The molecule has 0 saturated carbocycles. The summed E-state index contributed by atoms with van der Waals surface area (Å²) in [4.78, 5) is 0. The highest BCUT2D eigenvalue weighted by Gasteiger charge is 2.23. The minimum Gasteiger partial charge on any atom is -0.305 e. The lowest BCUT2D eigenvalue weighted by atomic mass is 10.9. The Kier molecular flexibility index (Phi) is 4.71. The average Bonchev–Trinajstić information content (AvgIpc) is 1.99. The quantitative estimate of drug-likeness (QED) is 0.378. The van der Waals surface area contributed by atoms with Crippen LogP contribution in [0, 0.1) is 0 Å². The van der Waals surface area contributed by atoms with Crippen LogP contribution in [0.2, 0.25) is 13.1 Å². The topological polar surface area (TPSA) is 12.4 Å². The second kappa shape index (κ2) is 4.57. The van der Waals surface area contributed by atoms with Crippen molar-refractivity contribution >= 4 is 15.6 Å². The fourth-order valence-electron chi connectivity index (χ4n) is 1.39. The van der Waals surface area contributed by atoms with Crippen LogP contribution in [0.15, 0.2) is 4.41 Å². The Hall–Kier alpha value is 0.377. The fraction of sp³-hybridized carbons (Fsp3) is 1.00. The van der Waals surface area contributed by atoms with Gasteiger partial charge in [-0.25, -0.2) is 0 Å². The van der Waals surface area contributed by atoms with Crippen molar-refractivity contribution in [3.8, 4) is 0 Å². The smallest absolute Gasteiger partial charge is 0.305 e. The second-order valence-electron chi connectivity index (χ2n) is 3.55. The van der Waals surface area contributed by atoms with Gasteiger partial charge < -0.3 is 4.41 Å². The second-order valence-corrected chi connectivity index (χ2v) is 11.3. The zero-order chi connectivity index (χ0) is 9.83. The molecule has 12 heavy (non-hydrogen) atoms. The Morgan fingerprint density at radius 1 is 1.08 bits per heavy atom. The molecule has 0 rings (SSSR count). The van der Waals surface area contributed by atoms with Gasteiger partial charge in [-0.2, -0.15) is 0 Å². The van der Waals surface area contributed by atoms with Crippen molar-refractivity contribution in [1.82, 2.24) is 0 Å². The highest BCUT2D eigenvalue weighted by Crippen LogP contribution is 2.49. The van der Waals surface area contributed by atoms with Gasteiger partial charge in [-0.05, 0) is 38.6 Å². The standard InChI is InChI=1S/C8H21FNPSi/c1-6-11(7-2,8-3)10-12(4,5)9/h6-8H2,1-5H3. The lowest BCUT2D eigenvalue weighted by Gasteiger charge is -2.23. The molecular weight excluding hydrogens is 188 g/mol. The largest absolute Gasteiger partial charge is 0.359 e. The van der Waals surface area contributed by atoms with Crippen LogP contribution in [0.3, 0.4) is 0 Å². The van der Waals surface area contributed by atoms with Crippen LogP contribution in [0.5, 0.6) is 0 Å². The van der Waals surface area contributed by atoms with Crippen LogP contribution in [-0.2, 0) is 0 Å². The van der Waals surface area contributed by atoms with Gasteiger partial charge in [-0.15, -0.1) is 0 Å². The van der Waals surface area contributed by atoms with E-state index >= 15 is 0 Å². The number of halogens is 1. The van der Waals surface area contributed by atoms with Gasteiger partial charge in [0.2, 0.25) is 0 Å². The van der Waals surface area contributed by atoms with Gasteiger partial charge >= 0.3 is 8.57 Å². The van der Waals surface area contributed by atoms with Gasteiger partial charge in [0.15, 0.2) is 0 Å². The molecule has 0 spiro atoms. The molecule has 0 aliphatic heterocycles. The lowest BCUT2D eigenvalue weighted by molar-refractivity contribution is 0.800. The minimum atomic E-state index is -2.68. The van der Waals surface area contributed by atoms with E-state index in [0.717, 1.165) is 18.5 Å². The molecular formula is C8H21FNPSi. The van der Waals surface area contributed by atoms with Crippen LogP contribution >= 0.6 is 7.05 Å². The van der Waals surface area contributed by atoms with Crippen molar-refractivity contribution in [2.75, 3.05) is 18.5 Å². The fourth-order valence-corrected chi connectivity index (χ4v) is 8.46. The summed E-state index contributed by atoms with van der Waals surface area (Å²) in [6.45, 7) is 9.80. The first-order chi connectivity index (χ1) is 5.39. The molecule has 0 aromatic heterocycles. The molecule has 0 aliphatic rings. The van der Waals surface area contributed by atoms with E-state index in [0.29, 0.717) is 0 Å². The third kappa shape index (κ3) is 3.86. The monoisotopic (exact) mass is 209 g/mol. The van der Waals surface area contributed by atoms with E-state index in [9.17, 15) is 4.11 Å². The highest BCUT2D eigenvalue weighted by molar-refractivity contribution is 7.67. The Morgan fingerprint density at radius 2 is 1.42 bits per heavy atom. The molecule has 0 bridgehead atoms. The Morgan fingerprint density at radius 3 is 1.50 bits per heavy atom. The third-order valence-electron chi connectivity index (χ3n) is 2.22. The van der Waals surface area contributed by atoms with Crippen LogP contribution in [0.4, 0.5) is 4.11 Å². The van der Waals surface area contributed by atoms with Crippen molar-refractivity contribution in [3.05, 3.63) is 0 Å². The first-order valence-corrected chi connectivity index (χ1v) is 9.81. The average molecular weight is 209 g/mol. The number of hydrogen-bond donors (Lipinski definition) is 0. The summed E-state index contributed by atoms with van der Waals surface area (Å²) in [7, 11) is -3.93. The molecule has 74 valence electrons. The Labute approximate surface area is 77.1 Å². The normalized spacial score (nSPS) is 13.2. The van der Waals surface area contributed by atoms with E-state index in [1.807, 2.05) is 0 Å². The SMILES string of the molecule is CCP(CC)(CC)=N[Si](C)(C)F. The molecule has 0 aliphatic carbocycles. The molecule has 0 fully saturated rings. The first-order valence-electron chi connectivity index (χ1n) is 4.68. The summed E-state index contributed by atoms with van der Waals surface area (Å²) >= 11 is 0. The summed E-state index contributed by atoms with van der Waals surface area (Å²) in [6, 6.07) is 0. The minimum absolute atomic E-state index is 1.07. The van der Waals surface area contributed by atoms with Gasteiger partial charge in [0.1, 0.15) is 0 Å². The third-order valence-corrected chi connectivity index (χ3v) is 9.35. The Balaban J connectivity index is 4.82. The number of rotatable bonds is 4. The summed E-state index contributed by atoms with van der Waals surface area (Å²) in [5.41, 5.74) is 0. The molecule has 4 heteroatoms. The zero-order valence-electron chi connectivity index (χ0n) is 8.89. The predicted octanol–water partition coefficient (Wildman–Crippen LogP) is 3.92. The van der Waals surface area contributed by atoms with Gasteiger partial charge in [0.25, 0.3) is 0 Å². The van der Waals surface area contributed by atoms with Crippen LogP contribution in [0.25, 0.3) is 0 Å². The zero-order valence-corrected chi connectivity index (χ0v) is 10.8. The van der Waals surface area contributed by atoms with E-state index in [1.54, 1.807) is 13.1 Å². The molecule has 1 nitrogen and oxygen atoms in total. The van der Waals surface area contributed by atoms with Crippen LogP contribution in [-0.4, -0.2) is 27.1 Å². The summed E-state index contributed by atoms with van der Waals surface area (Å²) in [6.07, 6.45) is 3.21. The van der Waals surface area contributed by atoms with Gasteiger partial charge in [0, 0.05) is 0 Å². The molecule has 0 heterocycles. The maximum atomic E-state index is 13.4. The van der Waals surface area contributed by atoms with E-state index in [1.165, 1.54) is 0 Å². The first kappa shape index (κ1) is 12.4. The van der Waals surface area contributed by atoms with Gasteiger partial charge in [-0.3, -0.25) is 4.11 Å². The maximum absolute atomic E-state index is 13.4. The van der Waals surface area contributed by atoms with E-state index in [2.05, 4.69) is 25.2 Å². The van der Waals surface area contributed by atoms with Crippen molar-refractivity contribution in [2.24, 2.45) is 4.41 Å². The van der Waals surface area contributed by atoms with E-state index in [4.69, 9.17) is 0 Å². The van der Waals surface area contributed by atoms with E-state index < -0.39 is 15.6 Å². The number of hydrogen-bond acceptors (Lipinski definition) is 1. The van der Waals surface area contributed by atoms with Crippen molar-refractivity contribution in [3.63, 3.8) is 0 Å². The summed E-state index contributed by atoms with van der Waals surface area (Å²) in [5, 5.41) is 0. The van der Waals surface area contributed by atoms with Gasteiger partial charge in [0.05, 0.1) is 0 Å². The van der Waals surface area contributed by atoms with Gasteiger partial charge in [-0.1, -0.05) is 20.8 Å². The van der Waals surface area contributed by atoms with E-state index in [-0.39, 0.29) is 0 Å². The van der Waals surface area contributed by atoms with Crippen molar-refractivity contribution < 1.29 is 4.11 Å². The van der Waals surface area contributed by atoms with Crippen LogP contribution < -0.4 is 0 Å². The molecule has 0 aromatic rings. The molecule has 0 saturated heterocycles. The highest BCUT2D eigenvalue weighted by atomic mass is 31.2. The summed E-state index contributed by atoms with van der Waals surface area (Å²) < 4.78 is 17.9. The lowest BCUT2D eigenvalue weighted by Crippen LogP contribution is -2.15. The van der Waals surface area contributed by atoms with Crippen molar-refractivity contribution in [1.29, 1.82) is 0 Å². The molecule has 0 unspecified atom stereocenters. The Bertz CT molecular complexity index is 167. The van der Waals surface area contributed by atoms with Crippen LogP contribution in [0.1, 0.15) is 20.8 Å². The molecule has 0 N–H and O–H groups in total. The number of nitrogens with zero attached hydrogens (tertiary/aromatic N) is 1. The molecule has 0 atom stereocenters.